The number of carbonyl (C=O) groups excluding carboxylic acids is 2. The number of hydrogen-bond donors (Lipinski definition) is 2. The minimum Gasteiger partial charge on any atom is -0.322 e. The highest BCUT2D eigenvalue weighted by molar-refractivity contribution is 6.31. The Morgan fingerprint density at radius 1 is 0.759 bits per heavy atom. The average Bonchev–Trinajstić information content (AvgIpc) is 2.69. The molecule has 0 aliphatic rings. The van der Waals surface area contributed by atoms with Crippen LogP contribution in [0, 0.1) is 10.1 Å². The molecular formula is C20H13Cl2N3O4. The number of carbonyl (C=O) groups is 2. The van der Waals surface area contributed by atoms with E-state index in [9.17, 15) is 19.7 Å². The molecule has 0 bridgehead atoms. The summed E-state index contributed by atoms with van der Waals surface area (Å²) in [6.45, 7) is 0. The number of hydrogen-bond acceptors (Lipinski definition) is 4. The normalized spacial score (nSPS) is 10.3. The van der Waals surface area contributed by atoms with Crippen LogP contribution in [-0.4, -0.2) is 16.7 Å². The Bertz CT molecular complexity index is 1080. The number of nitrogens with zero attached hydrogens (tertiary/aromatic N) is 1. The van der Waals surface area contributed by atoms with E-state index in [-0.39, 0.29) is 22.6 Å². The van der Waals surface area contributed by atoms with E-state index >= 15 is 0 Å². The lowest BCUT2D eigenvalue weighted by Gasteiger charge is -2.10. The fourth-order valence-electron chi connectivity index (χ4n) is 2.47. The first-order valence-electron chi connectivity index (χ1n) is 8.26. The van der Waals surface area contributed by atoms with Crippen LogP contribution in [0.1, 0.15) is 20.7 Å². The summed E-state index contributed by atoms with van der Waals surface area (Å²) in [6, 6.07) is 16.2. The Morgan fingerprint density at radius 2 is 1.24 bits per heavy atom. The number of amides is 2. The van der Waals surface area contributed by atoms with Crippen LogP contribution in [0.2, 0.25) is 10.0 Å². The Kier molecular flexibility index (Phi) is 6.11. The third kappa shape index (κ3) is 5.10. The molecule has 0 aromatic heterocycles. The van der Waals surface area contributed by atoms with Crippen LogP contribution in [0.25, 0.3) is 0 Å². The lowest BCUT2D eigenvalue weighted by molar-refractivity contribution is -0.383. The Hall–Kier alpha value is -3.42. The van der Waals surface area contributed by atoms with Crippen molar-refractivity contribution in [2.45, 2.75) is 0 Å². The smallest absolute Gasteiger partial charge is 0.292 e. The third-order valence-electron chi connectivity index (χ3n) is 3.91. The third-order valence-corrected chi connectivity index (χ3v) is 4.42. The van der Waals surface area contributed by atoms with Gasteiger partial charge in [-0.05, 0) is 60.7 Å². The van der Waals surface area contributed by atoms with E-state index in [1.54, 1.807) is 24.3 Å². The Balaban J connectivity index is 1.84. The van der Waals surface area contributed by atoms with E-state index in [1.807, 2.05) is 0 Å². The van der Waals surface area contributed by atoms with Gasteiger partial charge < -0.3 is 10.6 Å². The maximum Gasteiger partial charge on any atom is 0.292 e. The Labute approximate surface area is 175 Å². The minimum absolute atomic E-state index is 0.0520. The number of rotatable bonds is 5. The van der Waals surface area contributed by atoms with E-state index in [1.165, 1.54) is 42.5 Å². The molecule has 0 saturated carbocycles. The van der Waals surface area contributed by atoms with Gasteiger partial charge in [0.25, 0.3) is 17.5 Å². The van der Waals surface area contributed by atoms with Gasteiger partial charge in [-0.1, -0.05) is 23.2 Å². The zero-order chi connectivity index (χ0) is 21.0. The van der Waals surface area contributed by atoms with Gasteiger partial charge in [-0.15, -0.1) is 0 Å². The van der Waals surface area contributed by atoms with Crippen LogP contribution >= 0.6 is 23.2 Å². The molecule has 2 amide bonds. The number of halogens is 2. The Morgan fingerprint density at radius 3 is 1.72 bits per heavy atom. The first-order valence-corrected chi connectivity index (χ1v) is 9.01. The number of nitro benzene ring substituents is 1. The van der Waals surface area contributed by atoms with E-state index in [0.717, 1.165) is 0 Å². The molecule has 29 heavy (non-hydrogen) atoms. The van der Waals surface area contributed by atoms with Gasteiger partial charge >= 0.3 is 0 Å². The number of benzene rings is 3. The molecule has 0 heterocycles. The van der Waals surface area contributed by atoms with Crippen LogP contribution in [0.5, 0.6) is 0 Å². The highest BCUT2D eigenvalue weighted by atomic mass is 35.5. The van der Waals surface area contributed by atoms with Gasteiger partial charge in [-0.3, -0.25) is 19.7 Å². The SMILES string of the molecule is O=C(Nc1ccc([N+](=O)[O-])c(NC(=O)c2ccc(Cl)cc2)c1)c1ccc(Cl)cc1. The molecule has 0 spiro atoms. The zero-order valence-corrected chi connectivity index (χ0v) is 16.2. The lowest BCUT2D eigenvalue weighted by atomic mass is 10.1. The van der Waals surface area contributed by atoms with Gasteiger partial charge in [-0.2, -0.15) is 0 Å². The molecular weight excluding hydrogens is 417 g/mol. The van der Waals surface area contributed by atoms with Crippen LogP contribution in [0.4, 0.5) is 17.1 Å². The summed E-state index contributed by atoms with van der Waals surface area (Å²) in [4.78, 5) is 35.4. The van der Waals surface area contributed by atoms with Crippen molar-refractivity contribution in [3.63, 3.8) is 0 Å². The van der Waals surface area contributed by atoms with Gasteiger partial charge in [0, 0.05) is 32.9 Å². The summed E-state index contributed by atoms with van der Waals surface area (Å²) < 4.78 is 0. The lowest BCUT2D eigenvalue weighted by Crippen LogP contribution is -2.15. The molecule has 0 saturated heterocycles. The molecule has 9 heteroatoms. The van der Waals surface area contributed by atoms with Crippen molar-refractivity contribution < 1.29 is 14.5 Å². The van der Waals surface area contributed by atoms with E-state index < -0.39 is 16.7 Å². The standard InChI is InChI=1S/C20H13Cl2N3O4/c21-14-5-1-12(2-6-14)19(26)23-16-9-10-18(25(28)29)17(11-16)24-20(27)13-3-7-15(22)8-4-13/h1-11H,(H,23,26)(H,24,27). The number of anilines is 2. The maximum absolute atomic E-state index is 12.4. The van der Waals surface area contributed by atoms with Crippen molar-refractivity contribution in [3.8, 4) is 0 Å². The summed E-state index contributed by atoms with van der Waals surface area (Å²) in [7, 11) is 0. The van der Waals surface area contributed by atoms with Gasteiger partial charge in [-0.25, -0.2) is 0 Å². The maximum atomic E-state index is 12.4. The molecule has 0 atom stereocenters. The largest absolute Gasteiger partial charge is 0.322 e. The second-order valence-corrected chi connectivity index (χ2v) is 6.78. The molecule has 3 aromatic rings. The van der Waals surface area contributed by atoms with Gasteiger partial charge in [0.15, 0.2) is 0 Å². The van der Waals surface area contributed by atoms with Crippen molar-refractivity contribution >= 4 is 52.1 Å². The van der Waals surface area contributed by atoms with Crippen molar-refractivity contribution in [1.29, 1.82) is 0 Å². The summed E-state index contributed by atoms with van der Waals surface area (Å²) in [6.07, 6.45) is 0. The second-order valence-electron chi connectivity index (χ2n) is 5.91. The van der Waals surface area contributed by atoms with Crippen molar-refractivity contribution in [2.75, 3.05) is 10.6 Å². The summed E-state index contributed by atoms with van der Waals surface area (Å²) in [5, 5.41) is 17.4. The summed E-state index contributed by atoms with van der Waals surface area (Å²) in [5.74, 6) is -0.976. The second kappa shape index (κ2) is 8.72. The van der Waals surface area contributed by atoms with E-state index in [0.29, 0.717) is 15.6 Å². The molecule has 0 radical (unpaired) electrons. The summed E-state index contributed by atoms with van der Waals surface area (Å²) in [5.41, 5.74) is 0.557. The molecule has 0 unspecified atom stereocenters. The van der Waals surface area contributed by atoms with Crippen molar-refractivity contribution in [1.82, 2.24) is 0 Å². The summed E-state index contributed by atoms with van der Waals surface area (Å²) >= 11 is 11.6. The molecule has 0 fully saturated rings. The fraction of sp³-hybridized carbons (Fsp3) is 0. The number of nitrogens with one attached hydrogen (secondary N) is 2. The van der Waals surface area contributed by atoms with Crippen LogP contribution < -0.4 is 10.6 Å². The van der Waals surface area contributed by atoms with Crippen LogP contribution in [0.15, 0.2) is 66.7 Å². The van der Waals surface area contributed by atoms with Crippen LogP contribution in [0.3, 0.4) is 0 Å². The fourth-order valence-corrected chi connectivity index (χ4v) is 2.73. The average molecular weight is 430 g/mol. The highest BCUT2D eigenvalue weighted by Crippen LogP contribution is 2.29. The van der Waals surface area contributed by atoms with Gasteiger partial charge in [0.1, 0.15) is 5.69 Å². The van der Waals surface area contributed by atoms with E-state index in [4.69, 9.17) is 23.2 Å². The zero-order valence-electron chi connectivity index (χ0n) is 14.7. The predicted octanol–water partition coefficient (Wildman–Crippen LogP) is 5.41. The van der Waals surface area contributed by atoms with Crippen LogP contribution in [-0.2, 0) is 0 Å². The first-order chi connectivity index (χ1) is 13.8. The highest BCUT2D eigenvalue weighted by Gasteiger charge is 2.18. The van der Waals surface area contributed by atoms with Crippen molar-refractivity contribution in [3.05, 3.63) is 98.0 Å². The first kappa shape index (κ1) is 20.3. The predicted molar refractivity (Wildman–Crippen MR) is 112 cm³/mol. The molecule has 0 aliphatic heterocycles. The monoisotopic (exact) mass is 429 g/mol. The van der Waals surface area contributed by atoms with Gasteiger partial charge in [0.2, 0.25) is 0 Å². The van der Waals surface area contributed by atoms with E-state index in [2.05, 4.69) is 10.6 Å². The van der Waals surface area contributed by atoms with Gasteiger partial charge in [0.05, 0.1) is 4.92 Å². The molecule has 146 valence electrons. The molecule has 0 aliphatic carbocycles. The molecule has 3 aromatic carbocycles. The topological polar surface area (TPSA) is 101 Å². The van der Waals surface area contributed by atoms with Crippen molar-refractivity contribution in [2.24, 2.45) is 0 Å². The molecule has 3 rings (SSSR count). The molecule has 2 N–H and O–H groups in total. The molecule has 7 nitrogen and oxygen atoms in total. The number of nitro groups is 1. The quantitative estimate of drug-likeness (QED) is 0.418. The minimum atomic E-state index is -0.623.